The normalized spacial score (nSPS) is 17.2. The minimum atomic E-state index is -0.101. The van der Waals surface area contributed by atoms with Gasteiger partial charge in [-0.05, 0) is 12.8 Å². The molecule has 1 fully saturated rings. The van der Waals surface area contributed by atoms with Crippen LogP contribution in [0.5, 0.6) is 5.75 Å². The highest BCUT2D eigenvalue weighted by molar-refractivity contribution is 5.75. The van der Waals surface area contributed by atoms with Gasteiger partial charge < -0.3 is 4.74 Å². The van der Waals surface area contributed by atoms with Gasteiger partial charge in [0.15, 0.2) is 5.75 Å². The molecule has 1 aromatic rings. The lowest BCUT2D eigenvalue weighted by Crippen LogP contribution is -2.17. The average Bonchev–Trinajstić information content (AvgIpc) is 2.75. The molecule has 1 aromatic heterocycles. The van der Waals surface area contributed by atoms with E-state index in [-0.39, 0.29) is 11.9 Å². The number of aryl methyl sites for hydroxylation is 1. The second-order valence-electron chi connectivity index (χ2n) is 3.75. The van der Waals surface area contributed by atoms with Crippen molar-refractivity contribution >= 4 is 5.97 Å². The monoisotopic (exact) mass is 194 g/mol. The zero-order valence-electron chi connectivity index (χ0n) is 8.27. The van der Waals surface area contributed by atoms with Gasteiger partial charge >= 0.3 is 5.97 Å². The van der Waals surface area contributed by atoms with Gasteiger partial charge in [-0.3, -0.25) is 9.48 Å². The molecule has 1 saturated carbocycles. The van der Waals surface area contributed by atoms with Crippen molar-refractivity contribution < 1.29 is 9.53 Å². The van der Waals surface area contributed by atoms with E-state index in [1.54, 1.807) is 24.1 Å². The quantitative estimate of drug-likeness (QED) is 0.670. The summed E-state index contributed by atoms with van der Waals surface area (Å²) >= 11 is 0. The summed E-state index contributed by atoms with van der Waals surface area (Å²) in [5, 5.41) is 3.94. The van der Waals surface area contributed by atoms with Crippen LogP contribution in [0.15, 0.2) is 12.4 Å². The number of ether oxygens (including phenoxy) is 1. The third-order valence-corrected chi connectivity index (χ3v) is 2.59. The Morgan fingerprint density at radius 3 is 2.86 bits per heavy atom. The minimum Gasteiger partial charge on any atom is -0.423 e. The van der Waals surface area contributed by atoms with E-state index in [0.717, 1.165) is 25.7 Å². The molecular formula is C10H14N2O2. The molecule has 4 nitrogen and oxygen atoms in total. The van der Waals surface area contributed by atoms with Gasteiger partial charge in [0.25, 0.3) is 0 Å². The van der Waals surface area contributed by atoms with E-state index in [2.05, 4.69) is 5.10 Å². The number of carbonyl (C=O) groups is 1. The van der Waals surface area contributed by atoms with Crippen LogP contribution in [0.25, 0.3) is 0 Å². The summed E-state index contributed by atoms with van der Waals surface area (Å²) in [5.74, 6) is 0.551. The molecule has 0 aromatic carbocycles. The Hall–Kier alpha value is -1.32. The molecule has 0 N–H and O–H groups in total. The highest BCUT2D eigenvalue weighted by Gasteiger charge is 2.24. The molecule has 14 heavy (non-hydrogen) atoms. The lowest BCUT2D eigenvalue weighted by molar-refractivity contribution is -0.138. The van der Waals surface area contributed by atoms with Crippen LogP contribution in [-0.4, -0.2) is 15.7 Å². The maximum Gasteiger partial charge on any atom is 0.314 e. The first-order chi connectivity index (χ1) is 6.75. The third kappa shape index (κ3) is 1.95. The van der Waals surface area contributed by atoms with E-state index in [1.807, 2.05) is 0 Å². The molecule has 0 bridgehead atoms. The highest BCUT2D eigenvalue weighted by Crippen LogP contribution is 2.26. The van der Waals surface area contributed by atoms with Gasteiger partial charge in [0.05, 0.1) is 18.3 Å². The fraction of sp³-hybridized carbons (Fsp3) is 0.600. The van der Waals surface area contributed by atoms with Crippen LogP contribution in [-0.2, 0) is 11.8 Å². The smallest absolute Gasteiger partial charge is 0.314 e. The largest absolute Gasteiger partial charge is 0.423 e. The summed E-state index contributed by atoms with van der Waals surface area (Å²) in [7, 11) is 1.80. The summed E-state index contributed by atoms with van der Waals surface area (Å²) in [5.41, 5.74) is 0. The summed E-state index contributed by atoms with van der Waals surface area (Å²) in [6.45, 7) is 0. The van der Waals surface area contributed by atoms with E-state index in [1.165, 1.54) is 0 Å². The Balaban J connectivity index is 1.93. The van der Waals surface area contributed by atoms with Gasteiger partial charge in [-0.15, -0.1) is 0 Å². The van der Waals surface area contributed by atoms with Crippen LogP contribution in [0.2, 0.25) is 0 Å². The van der Waals surface area contributed by atoms with E-state index in [9.17, 15) is 4.79 Å². The number of hydrogen-bond acceptors (Lipinski definition) is 3. The van der Waals surface area contributed by atoms with Gasteiger partial charge in [0.1, 0.15) is 0 Å². The lowest BCUT2D eigenvalue weighted by atomic mass is 10.1. The van der Waals surface area contributed by atoms with E-state index in [4.69, 9.17) is 4.74 Å². The Bertz CT molecular complexity index is 327. The fourth-order valence-electron chi connectivity index (χ4n) is 1.81. The van der Waals surface area contributed by atoms with Crippen molar-refractivity contribution in [2.24, 2.45) is 13.0 Å². The molecule has 1 aliphatic carbocycles. The molecule has 1 heterocycles. The molecular weight excluding hydrogens is 180 g/mol. The maximum atomic E-state index is 11.6. The molecule has 0 atom stereocenters. The highest BCUT2D eigenvalue weighted by atomic mass is 16.5. The number of aromatic nitrogens is 2. The van der Waals surface area contributed by atoms with Crippen LogP contribution in [0.3, 0.4) is 0 Å². The topological polar surface area (TPSA) is 44.1 Å². The number of nitrogens with zero attached hydrogens (tertiary/aromatic N) is 2. The van der Waals surface area contributed by atoms with Crippen LogP contribution in [0.4, 0.5) is 0 Å². The number of carbonyl (C=O) groups excluding carboxylic acids is 1. The molecule has 0 saturated heterocycles. The van der Waals surface area contributed by atoms with Crippen molar-refractivity contribution in [2.75, 3.05) is 0 Å². The molecule has 0 amide bonds. The first-order valence-electron chi connectivity index (χ1n) is 4.96. The minimum absolute atomic E-state index is 0.101. The predicted octanol–water partition coefficient (Wildman–Crippen LogP) is 1.52. The number of hydrogen-bond donors (Lipinski definition) is 0. The molecule has 4 heteroatoms. The van der Waals surface area contributed by atoms with Crippen molar-refractivity contribution in [3.8, 4) is 5.75 Å². The maximum absolute atomic E-state index is 11.6. The van der Waals surface area contributed by atoms with Crippen molar-refractivity contribution in [3.05, 3.63) is 12.4 Å². The van der Waals surface area contributed by atoms with Gasteiger partial charge in [-0.1, -0.05) is 12.8 Å². The molecule has 1 aliphatic rings. The van der Waals surface area contributed by atoms with Gasteiger partial charge in [-0.25, -0.2) is 0 Å². The molecule has 0 radical (unpaired) electrons. The first-order valence-corrected chi connectivity index (χ1v) is 4.96. The zero-order valence-corrected chi connectivity index (χ0v) is 8.27. The van der Waals surface area contributed by atoms with Crippen LogP contribution in [0, 0.1) is 5.92 Å². The summed E-state index contributed by atoms with van der Waals surface area (Å²) in [6.07, 6.45) is 7.50. The summed E-state index contributed by atoms with van der Waals surface area (Å²) in [4.78, 5) is 11.6. The van der Waals surface area contributed by atoms with Crippen LogP contribution >= 0.6 is 0 Å². The Kier molecular flexibility index (Phi) is 2.52. The molecule has 0 spiro atoms. The molecule has 0 aliphatic heterocycles. The molecule has 2 rings (SSSR count). The van der Waals surface area contributed by atoms with Crippen molar-refractivity contribution in [3.63, 3.8) is 0 Å². The number of esters is 1. The number of rotatable bonds is 2. The Morgan fingerprint density at radius 2 is 2.29 bits per heavy atom. The van der Waals surface area contributed by atoms with Crippen LogP contribution in [0.1, 0.15) is 25.7 Å². The van der Waals surface area contributed by atoms with Crippen molar-refractivity contribution in [2.45, 2.75) is 25.7 Å². The van der Waals surface area contributed by atoms with Crippen molar-refractivity contribution in [1.82, 2.24) is 9.78 Å². The van der Waals surface area contributed by atoms with Crippen LogP contribution < -0.4 is 4.74 Å². The third-order valence-electron chi connectivity index (χ3n) is 2.59. The predicted molar refractivity (Wildman–Crippen MR) is 50.8 cm³/mol. The first kappa shape index (κ1) is 9.24. The van der Waals surface area contributed by atoms with Gasteiger partial charge in [0.2, 0.25) is 0 Å². The van der Waals surface area contributed by atoms with Gasteiger partial charge in [0, 0.05) is 7.05 Å². The Labute approximate surface area is 82.9 Å². The zero-order chi connectivity index (χ0) is 9.97. The summed E-state index contributed by atoms with van der Waals surface area (Å²) < 4.78 is 6.82. The fourth-order valence-corrected chi connectivity index (χ4v) is 1.81. The van der Waals surface area contributed by atoms with E-state index < -0.39 is 0 Å². The molecule has 76 valence electrons. The SMILES string of the molecule is Cn1cc(OC(=O)C2CCCC2)cn1. The second-order valence-corrected chi connectivity index (χ2v) is 3.75. The van der Waals surface area contributed by atoms with E-state index in [0.29, 0.717) is 5.75 Å². The molecule has 0 unspecified atom stereocenters. The Morgan fingerprint density at radius 1 is 1.57 bits per heavy atom. The summed E-state index contributed by atoms with van der Waals surface area (Å²) in [6, 6.07) is 0. The standard InChI is InChI=1S/C10H14N2O2/c1-12-7-9(6-11-12)14-10(13)8-4-2-3-5-8/h6-8H,2-5H2,1H3. The second kappa shape index (κ2) is 3.82. The lowest BCUT2D eigenvalue weighted by Gasteiger charge is -2.06. The van der Waals surface area contributed by atoms with Gasteiger partial charge in [-0.2, -0.15) is 5.10 Å². The van der Waals surface area contributed by atoms with Crippen molar-refractivity contribution in [1.29, 1.82) is 0 Å². The average molecular weight is 194 g/mol. The van der Waals surface area contributed by atoms with E-state index >= 15 is 0 Å².